The van der Waals surface area contributed by atoms with Crippen molar-refractivity contribution >= 4 is 14.3 Å². The molecule has 84 valence electrons. The first kappa shape index (κ1) is 13.4. The molecule has 0 fully saturated rings. The van der Waals surface area contributed by atoms with Crippen LogP contribution in [0.15, 0.2) is 0 Å². The van der Waals surface area contributed by atoms with Gasteiger partial charge in [0.1, 0.15) is 0 Å². The Hall–Kier alpha value is -0.580. The summed E-state index contributed by atoms with van der Waals surface area (Å²) in [6, 6.07) is -0.572. The van der Waals surface area contributed by atoms with E-state index in [4.69, 9.17) is 15.7 Å². The van der Waals surface area contributed by atoms with E-state index in [9.17, 15) is 4.57 Å². The Morgan fingerprint density at radius 1 is 1.50 bits per heavy atom. The quantitative estimate of drug-likeness (QED) is 0.375. The second-order valence-corrected chi connectivity index (χ2v) is 3.58. The molecule has 0 radical (unpaired) electrons. The predicted molar refractivity (Wildman–Crippen MR) is 55.7 cm³/mol. The molecule has 0 aliphatic carbocycles. The molecule has 0 amide bonds. The van der Waals surface area contributed by atoms with E-state index < -0.39 is 14.3 Å². The van der Waals surface area contributed by atoms with E-state index >= 15 is 0 Å². The molecule has 0 rings (SSSR count). The Labute approximate surface area is 84.8 Å². The van der Waals surface area contributed by atoms with Gasteiger partial charge in [0.05, 0.1) is 6.61 Å². The molecule has 0 aromatic heterocycles. The third kappa shape index (κ3) is 6.88. The summed E-state index contributed by atoms with van der Waals surface area (Å²) in [6.45, 7) is 6.96. The van der Waals surface area contributed by atoms with Gasteiger partial charge in [0.25, 0.3) is 6.02 Å². The summed E-state index contributed by atoms with van der Waals surface area (Å²) in [4.78, 5) is 2.13. The van der Waals surface area contributed by atoms with Crippen LogP contribution in [-0.2, 0) is 13.6 Å². The summed E-state index contributed by atoms with van der Waals surface area (Å²) in [6.07, 6.45) is 0. The van der Waals surface area contributed by atoms with Gasteiger partial charge in [-0.2, -0.15) is 0 Å². The van der Waals surface area contributed by atoms with Crippen molar-refractivity contribution in [2.75, 3.05) is 26.2 Å². The van der Waals surface area contributed by atoms with Gasteiger partial charge >= 0.3 is 8.25 Å². The van der Waals surface area contributed by atoms with Crippen LogP contribution in [0.5, 0.6) is 0 Å². The lowest BCUT2D eigenvalue weighted by molar-refractivity contribution is 0.213. The first-order valence-corrected chi connectivity index (χ1v) is 5.73. The van der Waals surface area contributed by atoms with Crippen molar-refractivity contribution in [2.24, 2.45) is 5.73 Å². The minimum atomic E-state index is -2.63. The van der Waals surface area contributed by atoms with Crippen molar-refractivity contribution in [3.8, 4) is 0 Å². The summed E-state index contributed by atoms with van der Waals surface area (Å²) < 4.78 is 20.1. The monoisotopic (exact) mass is 223 g/mol. The number of amidine groups is 1. The van der Waals surface area contributed by atoms with E-state index in [1.165, 1.54) is 0 Å². The molecule has 0 aromatic rings. The first-order valence-electron chi connectivity index (χ1n) is 4.51. The average Bonchev–Trinajstić information content (AvgIpc) is 2.11. The number of rotatable bonds is 7. The topological polar surface area (TPSA) is 88.6 Å². The highest BCUT2D eigenvalue weighted by Crippen LogP contribution is 2.22. The average molecular weight is 223 g/mol. The third-order valence-electron chi connectivity index (χ3n) is 1.72. The lowest BCUT2D eigenvalue weighted by atomic mass is 10.5. The van der Waals surface area contributed by atoms with Crippen molar-refractivity contribution < 1.29 is 13.6 Å². The van der Waals surface area contributed by atoms with Gasteiger partial charge in [-0.25, -0.2) is 4.57 Å². The van der Waals surface area contributed by atoms with Gasteiger partial charge in [-0.3, -0.25) is 5.41 Å². The second-order valence-electron chi connectivity index (χ2n) is 2.59. The van der Waals surface area contributed by atoms with Gasteiger partial charge in [-0.1, -0.05) is 13.8 Å². The molecule has 0 aliphatic rings. The Morgan fingerprint density at radius 2 is 2.07 bits per heavy atom. The molecule has 6 nitrogen and oxygen atoms in total. The van der Waals surface area contributed by atoms with E-state index in [0.29, 0.717) is 13.2 Å². The van der Waals surface area contributed by atoms with Gasteiger partial charge in [0.15, 0.2) is 0 Å². The first-order chi connectivity index (χ1) is 6.60. The van der Waals surface area contributed by atoms with E-state index in [2.05, 4.69) is 9.42 Å². The Balaban J connectivity index is 3.52. The molecule has 14 heavy (non-hydrogen) atoms. The molecule has 0 bridgehead atoms. The van der Waals surface area contributed by atoms with Gasteiger partial charge in [0.2, 0.25) is 0 Å². The fourth-order valence-corrected chi connectivity index (χ4v) is 1.41. The van der Waals surface area contributed by atoms with E-state index in [-0.39, 0.29) is 0 Å². The van der Waals surface area contributed by atoms with Crippen molar-refractivity contribution in [1.29, 1.82) is 5.41 Å². The second kappa shape index (κ2) is 7.79. The lowest BCUT2D eigenvalue weighted by Crippen LogP contribution is -2.26. The SMILES string of the molecule is CCN(CC)CCO[PH](=O)OC(=N)N. The molecule has 7 heteroatoms. The molecule has 0 saturated heterocycles. The molecule has 3 N–H and O–H groups in total. The van der Waals surface area contributed by atoms with Crippen LogP contribution in [0.25, 0.3) is 0 Å². The van der Waals surface area contributed by atoms with E-state index in [1.807, 2.05) is 13.8 Å². The highest BCUT2D eigenvalue weighted by molar-refractivity contribution is 7.34. The minimum Gasteiger partial charge on any atom is -0.393 e. The minimum absolute atomic E-state index is 0.326. The maximum Gasteiger partial charge on any atom is 0.370 e. The molecule has 1 unspecified atom stereocenters. The van der Waals surface area contributed by atoms with Gasteiger partial charge in [0, 0.05) is 6.54 Å². The molecular formula is C7H18N3O3P. The van der Waals surface area contributed by atoms with Crippen molar-refractivity contribution in [2.45, 2.75) is 13.8 Å². The Bertz CT molecular complexity index is 197. The summed E-state index contributed by atoms with van der Waals surface area (Å²) in [7, 11) is -2.63. The Morgan fingerprint density at radius 3 is 2.50 bits per heavy atom. The van der Waals surface area contributed by atoms with E-state index in [0.717, 1.165) is 13.1 Å². The van der Waals surface area contributed by atoms with Gasteiger partial charge in [-0.15, -0.1) is 0 Å². The molecule has 0 aromatic carbocycles. The standard InChI is InChI=1S/C7H18N3O3P/c1-3-10(4-2)5-6-12-14(11)13-7(8)9/h14H,3-6H2,1-2H3,(H3,8,9). The summed E-state index contributed by atoms with van der Waals surface area (Å²) in [5.74, 6) is 0. The molecule has 0 heterocycles. The summed E-state index contributed by atoms with van der Waals surface area (Å²) in [5.41, 5.74) is 4.87. The number of nitrogens with zero attached hydrogens (tertiary/aromatic N) is 1. The highest BCUT2D eigenvalue weighted by Gasteiger charge is 2.03. The number of nitrogens with one attached hydrogen (secondary N) is 1. The van der Waals surface area contributed by atoms with Gasteiger partial charge < -0.3 is 19.7 Å². The normalized spacial score (nSPS) is 12.8. The zero-order valence-electron chi connectivity index (χ0n) is 8.58. The maximum absolute atomic E-state index is 10.9. The lowest BCUT2D eigenvalue weighted by Gasteiger charge is -2.17. The van der Waals surface area contributed by atoms with Crippen molar-refractivity contribution in [1.82, 2.24) is 4.90 Å². The Kier molecular flexibility index (Phi) is 7.47. The molecule has 0 saturated carbocycles. The fourth-order valence-electron chi connectivity index (χ4n) is 0.917. The summed E-state index contributed by atoms with van der Waals surface area (Å²) >= 11 is 0. The third-order valence-corrected chi connectivity index (χ3v) is 2.54. The molecular weight excluding hydrogens is 205 g/mol. The highest BCUT2D eigenvalue weighted by atomic mass is 31.1. The largest absolute Gasteiger partial charge is 0.393 e. The smallest absolute Gasteiger partial charge is 0.370 e. The number of nitrogens with two attached hydrogens (primary N) is 1. The van der Waals surface area contributed by atoms with Crippen LogP contribution in [0.3, 0.4) is 0 Å². The molecule has 1 atom stereocenters. The predicted octanol–water partition coefficient (Wildman–Crippen LogP) is 0.645. The zero-order valence-corrected chi connectivity index (χ0v) is 9.58. The van der Waals surface area contributed by atoms with Crippen LogP contribution in [0.4, 0.5) is 0 Å². The van der Waals surface area contributed by atoms with Crippen LogP contribution in [0, 0.1) is 5.41 Å². The maximum atomic E-state index is 10.9. The summed E-state index contributed by atoms with van der Waals surface area (Å²) in [5, 5.41) is 6.71. The number of hydrogen-bond acceptors (Lipinski definition) is 5. The van der Waals surface area contributed by atoms with Crippen molar-refractivity contribution in [3.05, 3.63) is 0 Å². The van der Waals surface area contributed by atoms with Crippen LogP contribution in [0.2, 0.25) is 0 Å². The molecule has 0 aliphatic heterocycles. The van der Waals surface area contributed by atoms with Crippen molar-refractivity contribution in [3.63, 3.8) is 0 Å². The van der Waals surface area contributed by atoms with E-state index in [1.54, 1.807) is 0 Å². The number of hydrogen-bond donors (Lipinski definition) is 2. The molecule has 0 spiro atoms. The van der Waals surface area contributed by atoms with Crippen LogP contribution >= 0.6 is 8.25 Å². The van der Waals surface area contributed by atoms with Gasteiger partial charge in [-0.05, 0) is 13.1 Å². The number of likely N-dealkylation sites (N-methyl/N-ethyl adjacent to an activating group) is 1. The van der Waals surface area contributed by atoms with Crippen LogP contribution in [-0.4, -0.2) is 37.2 Å². The van der Waals surface area contributed by atoms with Crippen LogP contribution < -0.4 is 5.73 Å². The van der Waals surface area contributed by atoms with Crippen LogP contribution in [0.1, 0.15) is 13.8 Å². The fraction of sp³-hybridized carbons (Fsp3) is 0.857. The zero-order chi connectivity index (χ0) is 11.0.